The number of benzene rings is 3. The van der Waals surface area contributed by atoms with Crippen molar-refractivity contribution in [2.75, 3.05) is 32.2 Å². The van der Waals surface area contributed by atoms with Crippen LogP contribution in [0.4, 0.5) is 5.69 Å². The Morgan fingerprint density at radius 3 is 1.44 bits per heavy atom. The van der Waals surface area contributed by atoms with Gasteiger partial charge in [-0.1, -0.05) is 88.9 Å². The molecule has 0 saturated carbocycles. The van der Waals surface area contributed by atoms with Crippen molar-refractivity contribution in [2.24, 2.45) is 0 Å². The molecular weight excluding hydrogens is 588 g/mol. The van der Waals surface area contributed by atoms with E-state index in [0.717, 1.165) is 5.69 Å². The summed E-state index contributed by atoms with van der Waals surface area (Å²) in [5.41, 5.74) is -1.16. The molecule has 3 rings (SSSR count). The fourth-order valence-corrected chi connectivity index (χ4v) is 4.58. The standard InChI is InChI=1S/C28H27Cl4NO6/c1-36-23(25(31)38-27(34)19-12-6-8-14-21(19)29)16-33(18-10-4-3-5-11-18)17-24(37-2)26(32)39-28(35)20-13-7-9-15-22(20)30/h3-15,23-26H,16-17H2,1-2H3. The molecule has 0 saturated heterocycles. The molecule has 4 unspecified atom stereocenters. The maximum Gasteiger partial charge on any atom is 0.341 e. The van der Waals surface area contributed by atoms with Gasteiger partial charge in [-0.05, 0) is 36.4 Å². The number of anilines is 1. The second kappa shape index (κ2) is 15.3. The van der Waals surface area contributed by atoms with Crippen LogP contribution in [0.1, 0.15) is 20.7 Å². The van der Waals surface area contributed by atoms with Gasteiger partial charge in [0, 0.05) is 33.0 Å². The highest BCUT2D eigenvalue weighted by molar-refractivity contribution is 6.34. The average Bonchev–Trinajstić information content (AvgIpc) is 2.94. The van der Waals surface area contributed by atoms with Gasteiger partial charge in [-0.3, -0.25) is 0 Å². The molecule has 0 fully saturated rings. The van der Waals surface area contributed by atoms with Crippen molar-refractivity contribution in [1.29, 1.82) is 0 Å². The summed E-state index contributed by atoms with van der Waals surface area (Å²) < 4.78 is 22.1. The molecule has 0 spiro atoms. The summed E-state index contributed by atoms with van der Waals surface area (Å²) in [6.07, 6.45) is -1.54. The summed E-state index contributed by atoms with van der Waals surface area (Å²) in [5.74, 6) is -1.37. The first-order valence-corrected chi connectivity index (χ1v) is 13.4. The van der Waals surface area contributed by atoms with E-state index in [1.165, 1.54) is 14.2 Å². The van der Waals surface area contributed by atoms with Crippen LogP contribution in [0.3, 0.4) is 0 Å². The monoisotopic (exact) mass is 613 g/mol. The molecule has 3 aromatic rings. The van der Waals surface area contributed by atoms with Gasteiger partial charge >= 0.3 is 11.9 Å². The first-order chi connectivity index (χ1) is 18.7. The van der Waals surface area contributed by atoms with Gasteiger partial charge < -0.3 is 23.8 Å². The molecule has 208 valence electrons. The molecule has 0 aliphatic heterocycles. The summed E-state index contributed by atoms with van der Waals surface area (Å²) in [6.45, 7) is 0.346. The number of esters is 2. The van der Waals surface area contributed by atoms with E-state index in [9.17, 15) is 9.59 Å². The largest absolute Gasteiger partial charge is 0.439 e. The van der Waals surface area contributed by atoms with E-state index in [1.807, 2.05) is 35.2 Å². The van der Waals surface area contributed by atoms with Crippen LogP contribution in [-0.4, -0.2) is 62.6 Å². The number of halogens is 4. The van der Waals surface area contributed by atoms with Crippen LogP contribution < -0.4 is 4.90 Å². The zero-order valence-corrected chi connectivity index (χ0v) is 24.2. The smallest absolute Gasteiger partial charge is 0.341 e. The molecule has 4 atom stereocenters. The predicted molar refractivity (Wildman–Crippen MR) is 153 cm³/mol. The van der Waals surface area contributed by atoms with E-state index >= 15 is 0 Å². The van der Waals surface area contributed by atoms with Crippen LogP contribution in [0.5, 0.6) is 0 Å². The summed E-state index contributed by atoms with van der Waals surface area (Å²) in [5, 5.41) is 0.488. The Balaban J connectivity index is 1.74. The molecule has 0 aromatic heterocycles. The van der Waals surface area contributed by atoms with Crippen molar-refractivity contribution in [3.8, 4) is 0 Å². The molecule has 7 nitrogen and oxygen atoms in total. The van der Waals surface area contributed by atoms with Crippen LogP contribution in [-0.2, 0) is 18.9 Å². The van der Waals surface area contributed by atoms with Crippen LogP contribution in [0.15, 0.2) is 78.9 Å². The number of methoxy groups -OCH3 is 2. The minimum Gasteiger partial charge on any atom is -0.439 e. The fraction of sp³-hybridized carbons (Fsp3) is 0.286. The lowest BCUT2D eigenvalue weighted by atomic mass is 10.2. The summed E-state index contributed by atoms with van der Waals surface area (Å²) in [4.78, 5) is 27.2. The van der Waals surface area contributed by atoms with Gasteiger partial charge in [0.25, 0.3) is 0 Å². The van der Waals surface area contributed by atoms with Crippen LogP contribution >= 0.6 is 46.4 Å². The number of carbonyl (C=O) groups excluding carboxylic acids is 2. The van der Waals surface area contributed by atoms with Crippen LogP contribution in [0, 0.1) is 0 Å². The number of para-hydroxylation sites is 1. The number of hydrogen-bond donors (Lipinski definition) is 0. The lowest BCUT2D eigenvalue weighted by Gasteiger charge is -2.34. The molecule has 0 radical (unpaired) electrons. The zero-order chi connectivity index (χ0) is 28.4. The maximum atomic E-state index is 12.7. The molecule has 0 heterocycles. The molecule has 0 bridgehead atoms. The summed E-state index contributed by atoms with van der Waals surface area (Å²) in [6, 6.07) is 22.3. The van der Waals surface area contributed by atoms with Crippen molar-refractivity contribution in [2.45, 2.75) is 23.3 Å². The van der Waals surface area contributed by atoms with E-state index in [4.69, 9.17) is 65.4 Å². The predicted octanol–water partition coefficient (Wildman–Crippen LogP) is 6.67. The van der Waals surface area contributed by atoms with Crippen molar-refractivity contribution >= 4 is 64.0 Å². The van der Waals surface area contributed by atoms with Gasteiger partial charge in [-0.15, -0.1) is 0 Å². The third kappa shape index (κ3) is 8.73. The van der Waals surface area contributed by atoms with E-state index in [-0.39, 0.29) is 34.3 Å². The Bertz CT molecular complexity index is 1160. The van der Waals surface area contributed by atoms with Gasteiger partial charge in [-0.2, -0.15) is 0 Å². The molecule has 3 aromatic carbocycles. The third-order valence-electron chi connectivity index (χ3n) is 5.74. The lowest BCUT2D eigenvalue weighted by molar-refractivity contribution is -0.00939. The van der Waals surface area contributed by atoms with E-state index < -0.39 is 35.3 Å². The molecular formula is C28H27Cl4NO6. The average molecular weight is 615 g/mol. The lowest BCUT2D eigenvalue weighted by Crippen LogP contribution is -2.46. The quantitative estimate of drug-likeness (QED) is 0.157. The Kier molecular flexibility index (Phi) is 12.2. The Morgan fingerprint density at radius 2 is 1.05 bits per heavy atom. The zero-order valence-electron chi connectivity index (χ0n) is 21.1. The topological polar surface area (TPSA) is 74.3 Å². The Morgan fingerprint density at radius 1 is 0.667 bits per heavy atom. The number of nitrogens with zero attached hydrogens (tertiary/aromatic N) is 1. The third-order valence-corrected chi connectivity index (χ3v) is 7.14. The second-order valence-corrected chi connectivity index (χ2v) is 9.94. The number of rotatable bonds is 13. The van der Waals surface area contributed by atoms with Crippen molar-refractivity contribution in [3.63, 3.8) is 0 Å². The molecule has 39 heavy (non-hydrogen) atoms. The summed E-state index contributed by atoms with van der Waals surface area (Å²) >= 11 is 25.2. The van der Waals surface area contributed by atoms with Gasteiger partial charge in [0.15, 0.2) is 0 Å². The number of ether oxygens (including phenoxy) is 4. The number of alkyl halides is 2. The first kappa shape index (κ1) is 31.0. The molecule has 0 aliphatic rings. The van der Waals surface area contributed by atoms with E-state index in [2.05, 4.69) is 0 Å². The first-order valence-electron chi connectivity index (χ1n) is 11.8. The van der Waals surface area contributed by atoms with Gasteiger partial charge in [0.2, 0.25) is 11.1 Å². The highest BCUT2D eigenvalue weighted by Gasteiger charge is 2.31. The fourth-order valence-electron chi connectivity index (χ4n) is 3.62. The van der Waals surface area contributed by atoms with Crippen LogP contribution in [0.25, 0.3) is 0 Å². The SMILES string of the molecule is COC(CN(CC(OC)C(Cl)OC(=O)c1ccccc1Cl)c1ccccc1)C(Cl)OC(=O)c1ccccc1Cl. The highest BCUT2D eigenvalue weighted by atomic mass is 35.5. The highest BCUT2D eigenvalue weighted by Crippen LogP contribution is 2.24. The second-order valence-electron chi connectivity index (χ2n) is 8.26. The van der Waals surface area contributed by atoms with Crippen LogP contribution in [0.2, 0.25) is 10.0 Å². The molecule has 11 heteroatoms. The maximum absolute atomic E-state index is 12.7. The summed E-state index contributed by atoms with van der Waals surface area (Å²) in [7, 11) is 2.91. The van der Waals surface area contributed by atoms with E-state index in [0.29, 0.717) is 0 Å². The van der Waals surface area contributed by atoms with Crippen molar-refractivity contribution in [1.82, 2.24) is 0 Å². The van der Waals surface area contributed by atoms with Crippen molar-refractivity contribution < 1.29 is 28.5 Å². The van der Waals surface area contributed by atoms with Crippen molar-refractivity contribution in [3.05, 3.63) is 100 Å². The minimum atomic E-state index is -1.16. The number of hydrogen-bond acceptors (Lipinski definition) is 7. The van der Waals surface area contributed by atoms with Gasteiger partial charge in [-0.25, -0.2) is 9.59 Å². The minimum absolute atomic E-state index is 0.173. The number of carbonyl (C=O) groups is 2. The molecule has 0 aliphatic carbocycles. The van der Waals surface area contributed by atoms with E-state index in [1.54, 1.807) is 48.5 Å². The van der Waals surface area contributed by atoms with Gasteiger partial charge in [0.05, 0.1) is 21.2 Å². The molecule has 0 N–H and O–H groups in total. The Hall–Kier alpha value is -2.52. The Labute approximate surface area is 247 Å². The van der Waals surface area contributed by atoms with Gasteiger partial charge in [0.1, 0.15) is 12.2 Å². The normalized spacial score (nSPS) is 14.1. The molecule has 0 amide bonds.